The lowest BCUT2D eigenvalue weighted by atomic mass is 10.2. The summed E-state index contributed by atoms with van der Waals surface area (Å²) >= 11 is 3.32. The first-order chi connectivity index (χ1) is 12.9. The van der Waals surface area contributed by atoms with Gasteiger partial charge in [0.15, 0.2) is 0 Å². The fourth-order valence-corrected chi connectivity index (χ4v) is 4.92. The van der Waals surface area contributed by atoms with Crippen LogP contribution in [0.1, 0.15) is 31.2 Å². The molecule has 2 aromatic carbocycles. The number of amides is 1. The van der Waals surface area contributed by atoms with Gasteiger partial charge >= 0.3 is 0 Å². The standard InChI is InChI=1S/C20H23BrN2O3S/c21-17-10-12-19(13-11-17)27(25,26)23(14-16-6-2-1-3-7-16)15-20(24)22-18-8-4-5-9-18/h1-3,6-7,10-13,18H,4-5,8-9,14-15H2,(H,22,24). The number of carbonyl (C=O) groups excluding carboxylic acids is 1. The minimum atomic E-state index is -3.79. The second kappa shape index (κ2) is 8.99. The largest absolute Gasteiger partial charge is 0.352 e. The second-order valence-electron chi connectivity index (χ2n) is 6.76. The highest BCUT2D eigenvalue weighted by Gasteiger charge is 2.28. The zero-order valence-electron chi connectivity index (χ0n) is 15.0. The van der Waals surface area contributed by atoms with Gasteiger partial charge in [-0.25, -0.2) is 8.42 Å². The lowest BCUT2D eigenvalue weighted by molar-refractivity contribution is -0.122. The maximum atomic E-state index is 13.2. The molecule has 0 atom stereocenters. The van der Waals surface area contributed by atoms with Gasteiger partial charge in [0.05, 0.1) is 11.4 Å². The quantitative estimate of drug-likeness (QED) is 0.698. The molecule has 2 aromatic rings. The normalized spacial score (nSPS) is 15.2. The van der Waals surface area contributed by atoms with Crippen molar-refractivity contribution in [2.75, 3.05) is 6.54 Å². The van der Waals surface area contributed by atoms with Gasteiger partial charge in [0.1, 0.15) is 0 Å². The molecule has 0 radical (unpaired) electrons. The first-order valence-electron chi connectivity index (χ1n) is 9.04. The minimum absolute atomic E-state index is 0.150. The van der Waals surface area contributed by atoms with Crippen molar-refractivity contribution in [3.63, 3.8) is 0 Å². The summed E-state index contributed by atoms with van der Waals surface area (Å²) in [6.07, 6.45) is 4.14. The molecular weight excluding hydrogens is 428 g/mol. The number of sulfonamides is 1. The molecule has 1 aliphatic carbocycles. The maximum absolute atomic E-state index is 13.2. The molecule has 1 fully saturated rings. The summed E-state index contributed by atoms with van der Waals surface area (Å²) in [5.74, 6) is -0.251. The zero-order chi connectivity index (χ0) is 19.3. The van der Waals surface area contributed by atoms with Crippen molar-refractivity contribution >= 4 is 31.9 Å². The second-order valence-corrected chi connectivity index (χ2v) is 9.62. The van der Waals surface area contributed by atoms with Gasteiger partial charge in [-0.1, -0.05) is 59.1 Å². The van der Waals surface area contributed by atoms with E-state index in [9.17, 15) is 13.2 Å². The SMILES string of the molecule is O=C(CN(Cc1ccccc1)S(=O)(=O)c1ccc(Br)cc1)NC1CCCC1. The van der Waals surface area contributed by atoms with Crippen molar-refractivity contribution in [2.45, 2.75) is 43.2 Å². The van der Waals surface area contributed by atoms with E-state index in [1.165, 1.54) is 4.31 Å². The number of nitrogens with one attached hydrogen (secondary N) is 1. The van der Waals surface area contributed by atoms with Crippen LogP contribution in [0.2, 0.25) is 0 Å². The average molecular weight is 451 g/mol. The van der Waals surface area contributed by atoms with Gasteiger partial charge in [-0.05, 0) is 42.7 Å². The van der Waals surface area contributed by atoms with E-state index in [2.05, 4.69) is 21.2 Å². The van der Waals surface area contributed by atoms with Crippen LogP contribution < -0.4 is 5.32 Å². The van der Waals surface area contributed by atoms with Gasteiger partial charge in [0, 0.05) is 17.1 Å². The lowest BCUT2D eigenvalue weighted by Crippen LogP contribution is -2.43. The van der Waals surface area contributed by atoms with Crippen LogP contribution >= 0.6 is 15.9 Å². The fourth-order valence-electron chi connectivity index (χ4n) is 3.27. The van der Waals surface area contributed by atoms with E-state index in [0.717, 1.165) is 35.7 Å². The molecule has 0 saturated heterocycles. The Morgan fingerprint density at radius 2 is 1.67 bits per heavy atom. The van der Waals surface area contributed by atoms with Gasteiger partial charge in [-0.2, -0.15) is 4.31 Å². The highest BCUT2D eigenvalue weighted by atomic mass is 79.9. The Morgan fingerprint density at radius 1 is 1.04 bits per heavy atom. The third kappa shape index (κ3) is 5.40. The number of rotatable bonds is 7. The summed E-state index contributed by atoms with van der Waals surface area (Å²) in [4.78, 5) is 12.7. The lowest BCUT2D eigenvalue weighted by Gasteiger charge is -2.23. The molecule has 0 bridgehead atoms. The van der Waals surface area contributed by atoms with Crippen LogP contribution in [0.5, 0.6) is 0 Å². The van der Waals surface area contributed by atoms with Crippen molar-refractivity contribution in [2.24, 2.45) is 0 Å². The van der Waals surface area contributed by atoms with Crippen LogP contribution in [0.3, 0.4) is 0 Å². The Hall–Kier alpha value is -1.70. The zero-order valence-corrected chi connectivity index (χ0v) is 17.4. The van der Waals surface area contributed by atoms with Gasteiger partial charge in [0.2, 0.25) is 15.9 Å². The highest BCUT2D eigenvalue weighted by Crippen LogP contribution is 2.21. The molecule has 1 aliphatic rings. The molecule has 0 aromatic heterocycles. The summed E-state index contributed by atoms with van der Waals surface area (Å²) in [5.41, 5.74) is 0.840. The van der Waals surface area contributed by atoms with Crippen molar-refractivity contribution < 1.29 is 13.2 Å². The molecule has 5 nitrogen and oxygen atoms in total. The van der Waals surface area contributed by atoms with Gasteiger partial charge in [-0.15, -0.1) is 0 Å². The highest BCUT2D eigenvalue weighted by molar-refractivity contribution is 9.10. The van der Waals surface area contributed by atoms with Crippen molar-refractivity contribution in [1.29, 1.82) is 0 Å². The van der Waals surface area contributed by atoms with Crippen LogP contribution in [0.4, 0.5) is 0 Å². The number of nitrogens with zero attached hydrogens (tertiary/aromatic N) is 1. The molecule has 0 heterocycles. The van der Waals surface area contributed by atoms with Crippen LogP contribution in [0.15, 0.2) is 64.0 Å². The van der Waals surface area contributed by atoms with E-state index in [1.54, 1.807) is 24.3 Å². The van der Waals surface area contributed by atoms with Crippen molar-refractivity contribution in [1.82, 2.24) is 9.62 Å². The Morgan fingerprint density at radius 3 is 2.30 bits per heavy atom. The van der Waals surface area contributed by atoms with Crippen LogP contribution in [0, 0.1) is 0 Å². The fraction of sp³-hybridized carbons (Fsp3) is 0.350. The van der Waals surface area contributed by atoms with Crippen LogP contribution in [0.25, 0.3) is 0 Å². The number of benzene rings is 2. The van der Waals surface area contributed by atoms with Gasteiger partial charge < -0.3 is 5.32 Å². The van der Waals surface area contributed by atoms with E-state index < -0.39 is 10.0 Å². The molecule has 0 spiro atoms. The topological polar surface area (TPSA) is 66.5 Å². The molecule has 144 valence electrons. The number of halogens is 1. The van der Waals surface area contributed by atoms with E-state index in [0.29, 0.717) is 0 Å². The van der Waals surface area contributed by atoms with Crippen LogP contribution in [-0.2, 0) is 21.4 Å². The van der Waals surface area contributed by atoms with E-state index in [-0.39, 0.29) is 29.9 Å². The third-order valence-electron chi connectivity index (χ3n) is 4.69. The molecule has 3 rings (SSSR count). The molecule has 1 N–H and O–H groups in total. The number of carbonyl (C=O) groups is 1. The summed E-state index contributed by atoms with van der Waals surface area (Å²) < 4.78 is 28.3. The Balaban J connectivity index is 1.81. The molecule has 27 heavy (non-hydrogen) atoms. The van der Waals surface area contributed by atoms with E-state index in [4.69, 9.17) is 0 Å². The first-order valence-corrected chi connectivity index (χ1v) is 11.3. The minimum Gasteiger partial charge on any atom is -0.352 e. The summed E-state index contributed by atoms with van der Waals surface area (Å²) in [6.45, 7) is -0.0406. The Bertz CT molecular complexity index is 864. The predicted molar refractivity (Wildman–Crippen MR) is 109 cm³/mol. The first kappa shape index (κ1) is 20.0. The summed E-state index contributed by atoms with van der Waals surface area (Å²) in [6, 6.07) is 15.9. The smallest absolute Gasteiger partial charge is 0.243 e. The monoisotopic (exact) mass is 450 g/mol. The molecule has 0 unspecified atom stereocenters. The van der Waals surface area contributed by atoms with E-state index >= 15 is 0 Å². The number of hydrogen-bond acceptors (Lipinski definition) is 3. The summed E-state index contributed by atoms with van der Waals surface area (Å²) in [7, 11) is -3.79. The average Bonchev–Trinajstić information content (AvgIpc) is 3.15. The van der Waals surface area contributed by atoms with Gasteiger partial charge in [-0.3, -0.25) is 4.79 Å². The van der Waals surface area contributed by atoms with Crippen molar-refractivity contribution in [3.8, 4) is 0 Å². The Labute approximate surface area is 169 Å². The third-order valence-corrected chi connectivity index (χ3v) is 7.03. The number of hydrogen-bond donors (Lipinski definition) is 1. The predicted octanol–water partition coefficient (Wildman–Crippen LogP) is 3.70. The Kier molecular flexibility index (Phi) is 6.68. The van der Waals surface area contributed by atoms with E-state index in [1.807, 2.05) is 30.3 Å². The van der Waals surface area contributed by atoms with Crippen LogP contribution in [-0.4, -0.2) is 31.2 Å². The molecule has 1 amide bonds. The van der Waals surface area contributed by atoms with Gasteiger partial charge in [0.25, 0.3) is 0 Å². The molecule has 7 heteroatoms. The maximum Gasteiger partial charge on any atom is 0.243 e. The molecular formula is C20H23BrN2O3S. The summed E-state index contributed by atoms with van der Waals surface area (Å²) in [5, 5.41) is 2.98. The molecule has 1 saturated carbocycles. The van der Waals surface area contributed by atoms with Crippen molar-refractivity contribution in [3.05, 3.63) is 64.6 Å². The molecule has 0 aliphatic heterocycles.